The van der Waals surface area contributed by atoms with Crippen LogP contribution in [0, 0.1) is 0 Å². The average molecular weight is 664 g/mol. The van der Waals surface area contributed by atoms with Crippen LogP contribution < -0.4 is 5.32 Å². The molecule has 0 aliphatic carbocycles. The van der Waals surface area contributed by atoms with E-state index in [9.17, 15) is 24.2 Å². The van der Waals surface area contributed by atoms with Crippen molar-refractivity contribution in [3.63, 3.8) is 0 Å². The van der Waals surface area contributed by atoms with Crippen LogP contribution in [0.25, 0.3) is 0 Å². The van der Waals surface area contributed by atoms with Crippen molar-refractivity contribution in [3.05, 3.63) is 85.1 Å². The first kappa shape index (κ1) is 43.2. The Morgan fingerprint density at radius 1 is 0.696 bits per heavy atom. The molecule has 0 radical (unpaired) electrons. The van der Waals surface area contributed by atoms with E-state index in [2.05, 4.69) is 91.2 Å². The zero-order valence-corrected chi connectivity index (χ0v) is 28.9. The number of carbonyl (C=O) groups excluding carboxylic acids is 2. The number of rotatable bonds is 29. The number of aliphatic hydroxyl groups is 1. The molecule has 0 saturated heterocycles. The molecule has 3 N–H and O–H groups in total. The average Bonchev–Trinajstić information content (AvgIpc) is 3.04. The molecule has 0 heterocycles. The zero-order valence-electron chi connectivity index (χ0n) is 28.0. The van der Waals surface area contributed by atoms with E-state index >= 15 is 0 Å². The summed E-state index contributed by atoms with van der Waals surface area (Å²) in [5, 5.41) is 12.4. The molecule has 0 rings (SSSR count). The van der Waals surface area contributed by atoms with Gasteiger partial charge in [0.1, 0.15) is 12.7 Å². The van der Waals surface area contributed by atoms with E-state index in [1.165, 1.54) is 0 Å². The number of amides is 1. The largest absolute Gasteiger partial charge is 0.472 e. The number of aliphatic hydroxyl groups excluding tert-OH is 1. The number of phosphoric ester groups is 1. The molecule has 0 bridgehead atoms. The van der Waals surface area contributed by atoms with Gasteiger partial charge in [-0.05, 0) is 64.2 Å². The third-order valence-electron chi connectivity index (χ3n) is 6.09. The second-order valence-corrected chi connectivity index (χ2v) is 11.9. The van der Waals surface area contributed by atoms with Gasteiger partial charge in [0, 0.05) is 19.4 Å². The molecule has 9 nitrogen and oxygen atoms in total. The van der Waals surface area contributed by atoms with Crippen LogP contribution in [0.5, 0.6) is 0 Å². The Hall–Kier alpha value is -2.81. The van der Waals surface area contributed by atoms with Gasteiger partial charge in [-0.3, -0.25) is 18.6 Å². The van der Waals surface area contributed by atoms with Crippen molar-refractivity contribution >= 4 is 19.7 Å². The van der Waals surface area contributed by atoms with E-state index in [1.807, 2.05) is 13.0 Å². The molecule has 0 aromatic rings. The lowest BCUT2D eigenvalue weighted by atomic mass is 10.2. The van der Waals surface area contributed by atoms with Crippen LogP contribution >= 0.6 is 7.82 Å². The Balaban J connectivity index is 3.77. The molecule has 0 aliphatic heterocycles. The minimum Gasteiger partial charge on any atom is -0.463 e. The quantitative estimate of drug-likeness (QED) is 0.0316. The zero-order chi connectivity index (χ0) is 34.0. The number of phosphoric acid groups is 1. The predicted octanol–water partition coefficient (Wildman–Crippen LogP) is 8.14. The van der Waals surface area contributed by atoms with Crippen molar-refractivity contribution in [2.45, 2.75) is 103 Å². The lowest BCUT2D eigenvalue weighted by molar-refractivity contribution is -0.147. The maximum Gasteiger partial charge on any atom is 0.472 e. The monoisotopic (exact) mass is 663 g/mol. The van der Waals surface area contributed by atoms with Gasteiger partial charge in [-0.1, -0.05) is 105 Å². The Kier molecular flexibility index (Phi) is 30.2. The molecule has 2 unspecified atom stereocenters. The molecular weight excluding hydrogens is 605 g/mol. The molecule has 2 atom stereocenters. The summed E-state index contributed by atoms with van der Waals surface area (Å²) in [5.74, 6) is -0.625. The summed E-state index contributed by atoms with van der Waals surface area (Å²) in [6.45, 7) is 3.07. The second kappa shape index (κ2) is 32.1. The summed E-state index contributed by atoms with van der Waals surface area (Å²) in [4.78, 5) is 33.0. The van der Waals surface area contributed by atoms with Crippen molar-refractivity contribution in [2.75, 3.05) is 26.4 Å². The SMILES string of the molecule is CC/C=C\C/C=C\C/C=C\C/C=C\C/C=C\C/C=C\C/C=C\CCCC(=O)OCC(O)COP(=O)(O)OCCNC(=O)CCCC. The van der Waals surface area contributed by atoms with Crippen LogP contribution in [0.4, 0.5) is 0 Å². The number of allylic oxidation sites excluding steroid dienone is 14. The fourth-order valence-corrected chi connectivity index (χ4v) is 4.34. The fourth-order valence-electron chi connectivity index (χ4n) is 3.58. The van der Waals surface area contributed by atoms with Crippen LogP contribution in [0.3, 0.4) is 0 Å². The minimum atomic E-state index is -4.40. The highest BCUT2D eigenvalue weighted by Crippen LogP contribution is 2.42. The number of unbranched alkanes of at least 4 members (excludes halogenated alkanes) is 2. The van der Waals surface area contributed by atoms with E-state index in [1.54, 1.807) is 0 Å². The molecule has 1 amide bonds. The fraction of sp³-hybridized carbons (Fsp3) is 0.556. The molecule has 0 aromatic heterocycles. The predicted molar refractivity (Wildman–Crippen MR) is 187 cm³/mol. The number of hydrogen-bond donors (Lipinski definition) is 3. The normalized spacial score (nSPS) is 14.6. The minimum absolute atomic E-state index is 0.0638. The van der Waals surface area contributed by atoms with E-state index in [0.717, 1.165) is 64.2 Å². The number of nitrogens with one attached hydrogen (secondary N) is 1. The highest BCUT2D eigenvalue weighted by molar-refractivity contribution is 7.47. The highest BCUT2D eigenvalue weighted by Gasteiger charge is 2.23. The molecule has 0 aromatic carbocycles. The van der Waals surface area contributed by atoms with Gasteiger partial charge < -0.3 is 20.1 Å². The van der Waals surface area contributed by atoms with Gasteiger partial charge in [-0.2, -0.15) is 0 Å². The topological polar surface area (TPSA) is 131 Å². The van der Waals surface area contributed by atoms with E-state index < -0.39 is 26.5 Å². The van der Waals surface area contributed by atoms with Gasteiger partial charge in [0.25, 0.3) is 0 Å². The first-order valence-electron chi connectivity index (χ1n) is 16.6. The smallest absolute Gasteiger partial charge is 0.463 e. The summed E-state index contributed by atoms with van der Waals surface area (Å²) in [7, 11) is -4.40. The molecular formula is C36H58NO8P. The number of carbonyl (C=O) groups is 2. The molecule has 260 valence electrons. The molecule has 10 heteroatoms. The maximum absolute atomic E-state index is 11.9. The highest BCUT2D eigenvalue weighted by atomic mass is 31.2. The van der Waals surface area contributed by atoms with Crippen molar-refractivity contribution < 1.29 is 37.9 Å². The van der Waals surface area contributed by atoms with Gasteiger partial charge in [0.15, 0.2) is 0 Å². The van der Waals surface area contributed by atoms with Crippen LogP contribution in [-0.4, -0.2) is 54.3 Å². The Morgan fingerprint density at radius 3 is 1.70 bits per heavy atom. The van der Waals surface area contributed by atoms with Crippen LogP contribution in [0.15, 0.2) is 85.1 Å². The van der Waals surface area contributed by atoms with Crippen LogP contribution in [0.1, 0.15) is 97.3 Å². The molecule has 0 fully saturated rings. The molecule has 0 saturated carbocycles. The standard InChI is InChI=1S/C36H58NO8P/c1-3-5-7-8-9-10-11-12-13-14-15-16-17-18-19-20-21-22-23-24-25-26-27-29-36(40)43-32-34(38)33-45-46(41,42)44-31-30-37-35(39)28-6-4-2/h5,7,9-10,12-13,15-16,18-19,21-22,24-25,34,38H,3-4,6,8,11,14,17,20,23,26-33H2,1-2H3,(H,37,39)(H,41,42)/b7-5-,10-9-,13-12-,16-15-,19-18-,22-21-,25-24-. The van der Waals surface area contributed by atoms with E-state index in [4.69, 9.17) is 13.8 Å². The second-order valence-electron chi connectivity index (χ2n) is 10.4. The molecule has 0 aliphatic rings. The first-order valence-corrected chi connectivity index (χ1v) is 18.1. The summed E-state index contributed by atoms with van der Waals surface area (Å²) in [6.07, 6.45) is 39.2. The summed E-state index contributed by atoms with van der Waals surface area (Å²) in [6, 6.07) is 0. The van der Waals surface area contributed by atoms with Gasteiger partial charge >= 0.3 is 13.8 Å². The Morgan fingerprint density at radius 2 is 1.20 bits per heavy atom. The van der Waals surface area contributed by atoms with E-state index in [-0.39, 0.29) is 32.1 Å². The summed E-state index contributed by atoms with van der Waals surface area (Å²) >= 11 is 0. The van der Waals surface area contributed by atoms with Gasteiger partial charge in [0.05, 0.1) is 13.2 Å². The first-order chi connectivity index (χ1) is 22.3. The summed E-state index contributed by atoms with van der Waals surface area (Å²) < 4.78 is 26.3. The number of ether oxygens (including phenoxy) is 1. The third kappa shape index (κ3) is 32.6. The molecule has 46 heavy (non-hydrogen) atoms. The molecule has 0 spiro atoms. The van der Waals surface area contributed by atoms with Crippen LogP contribution in [-0.2, 0) is 27.9 Å². The van der Waals surface area contributed by atoms with Crippen molar-refractivity contribution in [1.29, 1.82) is 0 Å². The summed E-state index contributed by atoms with van der Waals surface area (Å²) in [5.41, 5.74) is 0. The van der Waals surface area contributed by atoms with Gasteiger partial charge in [0.2, 0.25) is 5.91 Å². The number of hydrogen-bond acceptors (Lipinski definition) is 7. The third-order valence-corrected chi connectivity index (χ3v) is 7.07. The maximum atomic E-state index is 11.9. The van der Waals surface area contributed by atoms with Gasteiger partial charge in [-0.25, -0.2) is 4.57 Å². The lowest BCUT2D eigenvalue weighted by Crippen LogP contribution is -2.27. The lowest BCUT2D eigenvalue weighted by Gasteiger charge is -2.15. The van der Waals surface area contributed by atoms with E-state index in [0.29, 0.717) is 12.8 Å². The number of esters is 1. The van der Waals surface area contributed by atoms with Crippen molar-refractivity contribution in [1.82, 2.24) is 5.32 Å². The van der Waals surface area contributed by atoms with Crippen molar-refractivity contribution in [2.24, 2.45) is 0 Å². The van der Waals surface area contributed by atoms with Crippen LogP contribution in [0.2, 0.25) is 0 Å². The Labute approximate surface area is 277 Å². The van der Waals surface area contributed by atoms with Crippen molar-refractivity contribution in [3.8, 4) is 0 Å². The Bertz CT molecular complexity index is 1030. The van der Waals surface area contributed by atoms with Gasteiger partial charge in [-0.15, -0.1) is 0 Å².